The third-order valence-electron chi connectivity index (χ3n) is 4.41. The molecule has 0 radical (unpaired) electrons. The first-order chi connectivity index (χ1) is 8.53. The van der Waals surface area contributed by atoms with Crippen molar-refractivity contribution in [2.24, 2.45) is 11.3 Å². The molecule has 0 saturated heterocycles. The molecule has 2 rings (SSSR count). The van der Waals surface area contributed by atoms with E-state index in [-0.39, 0.29) is 0 Å². The van der Waals surface area contributed by atoms with E-state index in [1.807, 2.05) is 12.4 Å². The Balaban J connectivity index is 2.10. The highest BCUT2D eigenvalue weighted by Gasteiger charge is 2.38. The predicted molar refractivity (Wildman–Crippen MR) is 79.6 cm³/mol. The number of likely N-dealkylation sites (N-methyl/N-ethyl adjacent to an activating group) is 1. The van der Waals surface area contributed by atoms with Gasteiger partial charge in [0, 0.05) is 22.9 Å². The smallest absolute Gasteiger partial charge is 0.0410 e. The first-order valence-corrected chi connectivity index (χ1v) is 7.59. The summed E-state index contributed by atoms with van der Waals surface area (Å²) in [7, 11) is 2.09. The lowest BCUT2D eigenvalue weighted by Crippen LogP contribution is -2.40. The molecule has 2 nitrogen and oxygen atoms in total. The lowest BCUT2D eigenvalue weighted by atomic mass is 9.76. The summed E-state index contributed by atoms with van der Waals surface area (Å²) in [4.78, 5) is 4.26. The molecule has 2 atom stereocenters. The van der Waals surface area contributed by atoms with Crippen molar-refractivity contribution in [1.29, 1.82) is 0 Å². The minimum atomic E-state index is 0.465. The number of aromatic nitrogens is 1. The summed E-state index contributed by atoms with van der Waals surface area (Å²) in [5, 5.41) is 3.52. The zero-order valence-corrected chi connectivity index (χ0v) is 13.1. The quantitative estimate of drug-likeness (QED) is 0.915. The van der Waals surface area contributed by atoms with E-state index in [1.54, 1.807) is 0 Å². The van der Waals surface area contributed by atoms with Gasteiger partial charge in [0.1, 0.15) is 0 Å². The standard InChI is InChI=1S/C15H23BrN2/c1-15(2)6-4-5-13(15)14(17-3)8-11-7-12(16)10-18-9-11/h7,9-10,13-14,17H,4-6,8H2,1-3H3. The van der Waals surface area contributed by atoms with Crippen molar-refractivity contribution >= 4 is 15.9 Å². The molecule has 1 aromatic heterocycles. The average molecular weight is 311 g/mol. The van der Waals surface area contributed by atoms with Gasteiger partial charge in [0.15, 0.2) is 0 Å². The predicted octanol–water partition coefficient (Wildman–Crippen LogP) is 3.80. The maximum atomic E-state index is 4.26. The second-order valence-corrected chi connectivity index (χ2v) is 7.01. The molecule has 1 fully saturated rings. The molecule has 0 spiro atoms. The van der Waals surface area contributed by atoms with E-state index in [1.165, 1.54) is 24.8 Å². The highest BCUT2D eigenvalue weighted by Crippen LogP contribution is 2.44. The first-order valence-electron chi connectivity index (χ1n) is 6.79. The number of halogens is 1. The Kier molecular flexibility index (Phi) is 4.44. The number of hydrogen-bond donors (Lipinski definition) is 1. The van der Waals surface area contributed by atoms with Crippen molar-refractivity contribution in [3.63, 3.8) is 0 Å². The molecule has 18 heavy (non-hydrogen) atoms. The highest BCUT2D eigenvalue weighted by molar-refractivity contribution is 9.10. The molecule has 0 aliphatic heterocycles. The van der Waals surface area contributed by atoms with E-state index >= 15 is 0 Å². The Hall–Kier alpha value is -0.410. The van der Waals surface area contributed by atoms with Crippen LogP contribution in [0.4, 0.5) is 0 Å². The fraction of sp³-hybridized carbons (Fsp3) is 0.667. The SMILES string of the molecule is CNC(Cc1cncc(Br)c1)C1CCCC1(C)C. The van der Waals surface area contributed by atoms with Gasteiger partial charge in [0.05, 0.1) is 0 Å². The summed E-state index contributed by atoms with van der Waals surface area (Å²) in [6, 6.07) is 2.73. The number of hydrogen-bond acceptors (Lipinski definition) is 2. The Bertz CT molecular complexity index is 403. The fourth-order valence-electron chi connectivity index (χ4n) is 3.37. The number of pyridine rings is 1. The molecular formula is C15H23BrN2. The van der Waals surface area contributed by atoms with Crippen LogP contribution < -0.4 is 5.32 Å². The van der Waals surface area contributed by atoms with Crippen molar-refractivity contribution in [2.75, 3.05) is 7.05 Å². The molecule has 1 aliphatic carbocycles. The van der Waals surface area contributed by atoms with Gasteiger partial charge in [-0.3, -0.25) is 4.98 Å². The summed E-state index contributed by atoms with van der Waals surface area (Å²) in [5.41, 5.74) is 1.78. The van der Waals surface area contributed by atoms with Crippen LogP contribution in [0.5, 0.6) is 0 Å². The summed E-state index contributed by atoms with van der Waals surface area (Å²) < 4.78 is 1.07. The molecule has 2 unspecified atom stereocenters. The second kappa shape index (κ2) is 5.70. The third kappa shape index (κ3) is 3.12. The van der Waals surface area contributed by atoms with E-state index in [2.05, 4.69) is 53.2 Å². The largest absolute Gasteiger partial charge is 0.316 e. The molecule has 3 heteroatoms. The molecule has 0 aromatic carbocycles. The topological polar surface area (TPSA) is 24.9 Å². The molecule has 1 aliphatic rings. The Morgan fingerprint density at radius 1 is 1.50 bits per heavy atom. The van der Waals surface area contributed by atoms with Crippen molar-refractivity contribution in [3.05, 3.63) is 28.5 Å². The normalized spacial score (nSPS) is 24.1. The van der Waals surface area contributed by atoms with Crippen molar-refractivity contribution < 1.29 is 0 Å². The van der Waals surface area contributed by atoms with Gasteiger partial charge < -0.3 is 5.32 Å². The monoisotopic (exact) mass is 310 g/mol. The third-order valence-corrected chi connectivity index (χ3v) is 4.85. The van der Waals surface area contributed by atoms with E-state index < -0.39 is 0 Å². The lowest BCUT2D eigenvalue weighted by molar-refractivity contribution is 0.201. The van der Waals surface area contributed by atoms with Gasteiger partial charge in [0.2, 0.25) is 0 Å². The molecule has 1 N–H and O–H groups in total. The Morgan fingerprint density at radius 2 is 2.28 bits per heavy atom. The van der Waals surface area contributed by atoms with Crippen LogP contribution >= 0.6 is 15.9 Å². The maximum absolute atomic E-state index is 4.26. The van der Waals surface area contributed by atoms with Gasteiger partial charge in [-0.05, 0) is 65.2 Å². The van der Waals surface area contributed by atoms with E-state index in [0.29, 0.717) is 11.5 Å². The van der Waals surface area contributed by atoms with Crippen LogP contribution in [-0.4, -0.2) is 18.1 Å². The molecular weight excluding hydrogens is 288 g/mol. The number of rotatable bonds is 4. The minimum absolute atomic E-state index is 0.465. The lowest BCUT2D eigenvalue weighted by Gasteiger charge is -2.34. The van der Waals surface area contributed by atoms with Crippen LogP contribution in [0, 0.1) is 11.3 Å². The van der Waals surface area contributed by atoms with Crippen LogP contribution in [0.3, 0.4) is 0 Å². The highest BCUT2D eigenvalue weighted by atomic mass is 79.9. The van der Waals surface area contributed by atoms with E-state index in [0.717, 1.165) is 16.8 Å². The van der Waals surface area contributed by atoms with E-state index in [9.17, 15) is 0 Å². The van der Waals surface area contributed by atoms with Crippen LogP contribution in [0.1, 0.15) is 38.7 Å². The minimum Gasteiger partial charge on any atom is -0.316 e. The van der Waals surface area contributed by atoms with Crippen LogP contribution in [0.25, 0.3) is 0 Å². The van der Waals surface area contributed by atoms with Crippen molar-refractivity contribution in [2.45, 2.75) is 45.6 Å². The zero-order valence-electron chi connectivity index (χ0n) is 11.5. The molecule has 1 aromatic rings. The summed E-state index contributed by atoms with van der Waals surface area (Å²) >= 11 is 3.50. The first kappa shape index (κ1) is 14.0. The van der Waals surface area contributed by atoms with Crippen LogP contribution in [-0.2, 0) is 6.42 Å². The van der Waals surface area contributed by atoms with Gasteiger partial charge in [0.25, 0.3) is 0 Å². The molecule has 100 valence electrons. The summed E-state index contributed by atoms with van der Waals surface area (Å²) in [5.74, 6) is 0.765. The van der Waals surface area contributed by atoms with Gasteiger partial charge in [-0.2, -0.15) is 0 Å². The second-order valence-electron chi connectivity index (χ2n) is 6.10. The van der Waals surface area contributed by atoms with Crippen molar-refractivity contribution in [1.82, 2.24) is 10.3 Å². The van der Waals surface area contributed by atoms with Crippen molar-refractivity contribution in [3.8, 4) is 0 Å². The molecule has 1 heterocycles. The summed E-state index contributed by atoms with van der Waals surface area (Å²) in [6.07, 6.45) is 8.96. The Morgan fingerprint density at radius 3 is 2.83 bits per heavy atom. The zero-order chi connectivity index (χ0) is 13.2. The number of nitrogens with one attached hydrogen (secondary N) is 1. The summed E-state index contributed by atoms with van der Waals surface area (Å²) in [6.45, 7) is 4.82. The van der Waals surface area contributed by atoms with Crippen LogP contribution in [0.15, 0.2) is 22.9 Å². The maximum Gasteiger partial charge on any atom is 0.0410 e. The van der Waals surface area contributed by atoms with Gasteiger partial charge in [-0.25, -0.2) is 0 Å². The molecule has 0 amide bonds. The van der Waals surface area contributed by atoms with Gasteiger partial charge in [-0.15, -0.1) is 0 Å². The Labute approximate surface area is 119 Å². The van der Waals surface area contributed by atoms with Gasteiger partial charge in [-0.1, -0.05) is 20.3 Å². The average Bonchev–Trinajstić information content (AvgIpc) is 2.66. The van der Waals surface area contributed by atoms with Gasteiger partial charge >= 0.3 is 0 Å². The van der Waals surface area contributed by atoms with Crippen LogP contribution in [0.2, 0.25) is 0 Å². The molecule has 1 saturated carbocycles. The number of nitrogens with zero attached hydrogens (tertiary/aromatic N) is 1. The fourth-order valence-corrected chi connectivity index (χ4v) is 3.78. The molecule has 0 bridgehead atoms. The van der Waals surface area contributed by atoms with E-state index in [4.69, 9.17) is 0 Å².